The van der Waals surface area contributed by atoms with Crippen LogP contribution in [-0.4, -0.2) is 26.7 Å². The Kier molecular flexibility index (Phi) is 3.36. The molecule has 102 valence electrons. The van der Waals surface area contributed by atoms with E-state index in [1.54, 1.807) is 0 Å². The van der Waals surface area contributed by atoms with Gasteiger partial charge in [0.1, 0.15) is 11.6 Å². The van der Waals surface area contributed by atoms with Gasteiger partial charge in [-0.3, -0.25) is 4.79 Å². The second-order valence-corrected chi connectivity index (χ2v) is 5.50. The van der Waals surface area contributed by atoms with E-state index >= 15 is 0 Å². The Hall–Kier alpha value is -1.65. The number of nitrogens with one attached hydrogen (secondary N) is 1. The molecule has 2 heterocycles. The van der Waals surface area contributed by atoms with Crippen LogP contribution < -0.4 is 5.32 Å². The normalized spacial score (nSPS) is 25.9. The first-order chi connectivity index (χ1) is 9.24. The number of fused-ring (bicyclic) bond motifs is 1. The monoisotopic (exact) mass is 260 g/mol. The lowest BCUT2D eigenvalue weighted by atomic mass is 9.93. The largest absolute Gasteiger partial charge is 0.351 e. The maximum absolute atomic E-state index is 12.2. The highest BCUT2D eigenvalue weighted by Crippen LogP contribution is 2.20. The topological polar surface area (TPSA) is 59.8 Å². The van der Waals surface area contributed by atoms with E-state index in [4.69, 9.17) is 0 Å². The van der Waals surface area contributed by atoms with Gasteiger partial charge in [0.05, 0.1) is 0 Å². The Balaban J connectivity index is 1.61. The molecule has 0 aromatic carbocycles. The Morgan fingerprint density at radius 2 is 2.26 bits per heavy atom. The number of rotatable bonds is 2. The summed E-state index contributed by atoms with van der Waals surface area (Å²) in [6.07, 6.45) is 9.04. The minimum Gasteiger partial charge on any atom is -0.351 e. The molecule has 0 saturated heterocycles. The van der Waals surface area contributed by atoms with Crippen LogP contribution in [0.1, 0.15) is 37.3 Å². The SMILES string of the molecule is Cc1nnc2n1C[C@H](NC(=O)[C@@H]1CC=CCC1)CC2. The summed E-state index contributed by atoms with van der Waals surface area (Å²) in [6, 6.07) is 0.223. The van der Waals surface area contributed by atoms with Crippen LogP contribution in [0.5, 0.6) is 0 Å². The lowest BCUT2D eigenvalue weighted by Gasteiger charge is -2.27. The zero-order chi connectivity index (χ0) is 13.2. The van der Waals surface area contributed by atoms with Gasteiger partial charge in [0.15, 0.2) is 0 Å². The summed E-state index contributed by atoms with van der Waals surface area (Å²) in [4.78, 5) is 12.2. The Labute approximate surface area is 113 Å². The number of aryl methyl sites for hydroxylation is 2. The zero-order valence-corrected chi connectivity index (χ0v) is 11.3. The second kappa shape index (κ2) is 5.15. The molecule has 5 heteroatoms. The van der Waals surface area contributed by atoms with Crippen LogP contribution in [0.25, 0.3) is 0 Å². The average molecular weight is 260 g/mol. The lowest BCUT2D eigenvalue weighted by molar-refractivity contribution is -0.126. The van der Waals surface area contributed by atoms with Crippen molar-refractivity contribution in [2.75, 3.05) is 0 Å². The summed E-state index contributed by atoms with van der Waals surface area (Å²) in [5.41, 5.74) is 0. The van der Waals surface area contributed by atoms with Crippen LogP contribution in [0.15, 0.2) is 12.2 Å². The van der Waals surface area contributed by atoms with Crippen LogP contribution in [0.3, 0.4) is 0 Å². The Bertz CT molecular complexity index is 506. The van der Waals surface area contributed by atoms with E-state index in [1.807, 2.05) is 6.92 Å². The van der Waals surface area contributed by atoms with Gasteiger partial charge < -0.3 is 9.88 Å². The van der Waals surface area contributed by atoms with Crippen molar-refractivity contribution in [1.29, 1.82) is 0 Å². The van der Waals surface area contributed by atoms with Crippen molar-refractivity contribution >= 4 is 5.91 Å². The van der Waals surface area contributed by atoms with Crippen LogP contribution in [0.4, 0.5) is 0 Å². The number of hydrogen-bond donors (Lipinski definition) is 1. The summed E-state index contributed by atoms with van der Waals surface area (Å²) in [6.45, 7) is 2.77. The molecule has 0 unspecified atom stereocenters. The van der Waals surface area contributed by atoms with Gasteiger partial charge in [0, 0.05) is 24.9 Å². The summed E-state index contributed by atoms with van der Waals surface area (Å²) >= 11 is 0. The molecule has 3 rings (SSSR count). The van der Waals surface area contributed by atoms with Crippen molar-refractivity contribution < 1.29 is 4.79 Å². The van der Waals surface area contributed by atoms with E-state index in [0.29, 0.717) is 0 Å². The summed E-state index contributed by atoms with van der Waals surface area (Å²) in [7, 11) is 0. The first-order valence-corrected chi connectivity index (χ1v) is 7.08. The van der Waals surface area contributed by atoms with Gasteiger partial charge in [-0.25, -0.2) is 0 Å². The maximum atomic E-state index is 12.2. The number of allylic oxidation sites excluding steroid dienone is 2. The molecule has 0 fully saturated rings. The van der Waals surface area contributed by atoms with Crippen molar-refractivity contribution in [3.63, 3.8) is 0 Å². The third kappa shape index (κ3) is 2.55. The molecule has 5 nitrogen and oxygen atoms in total. The van der Waals surface area contributed by atoms with E-state index in [-0.39, 0.29) is 17.9 Å². The molecule has 0 spiro atoms. The molecule has 1 aliphatic carbocycles. The molecule has 0 bridgehead atoms. The van der Waals surface area contributed by atoms with Crippen molar-refractivity contribution in [3.05, 3.63) is 23.8 Å². The molecule has 1 amide bonds. The third-order valence-electron chi connectivity index (χ3n) is 4.12. The molecule has 2 aliphatic rings. The van der Waals surface area contributed by atoms with Gasteiger partial charge in [-0.1, -0.05) is 12.2 Å². The molecular weight excluding hydrogens is 240 g/mol. The van der Waals surface area contributed by atoms with Gasteiger partial charge in [-0.2, -0.15) is 0 Å². The Morgan fingerprint density at radius 1 is 1.37 bits per heavy atom. The maximum Gasteiger partial charge on any atom is 0.223 e. The van der Waals surface area contributed by atoms with E-state index in [0.717, 1.165) is 50.3 Å². The van der Waals surface area contributed by atoms with Crippen LogP contribution >= 0.6 is 0 Å². The number of aromatic nitrogens is 3. The second-order valence-electron chi connectivity index (χ2n) is 5.50. The highest BCUT2D eigenvalue weighted by molar-refractivity contribution is 5.79. The summed E-state index contributed by atoms with van der Waals surface area (Å²) in [5.74, 6) is 2.36. The van der Waals surface area contributed by atoms with Gasteiger partial charge in [0.25, 0.3) is 0 Å². The highest BCUT2D eigenvalue weighted by atomic mass is 16.1. The molecule has 1 aromatic heterocycles. The van der Waals surface area contributed by atoms with Gasteiger partial charge in [-0.15, -0.1) is 10.2 Å². The highest BCUT2D eigenvalue weighted by Gasteiger charge is 2.25. The Morgan fingerprint density at radius 3 is 3.05 bits per heavy atom. The molecule has 0 radical (unpaired) electrons. The summed E-state index contributed by atoms with van der Waals surface area (Å²) in [5, 5.41) is 11.4. The minimum absolute atomic E-state index is 0.161. The molecule has 0 saturated carbocycles. The van der Waals surface area contributed by atoms with Crippen LogP contribution in [0, 0.1) is 12.8 Å². The van der Waals surface area contributed by atoms with E-state index in [1.165, 1.54) is 0 Å². The third-order valence-corrected chi connectivity index (χ3v) is 4.12. The number of carbonyl (C=O) groups is 1. The van der Waals surface area contributed by atoms with Crippen molar-refractivity contribution in [1.82, 2.24) is 20.1 Å². The van der Waals surface area contributed by atoms with E-state index in [2.05, 4.69) is 32.2 Å². The molecule has 19 heavy (non-hydrogen) atoms. The fourth-order valence-electron chi connectivity index (χ4n) is 2.93. The molecule has 1 aliphatic heterocycles. The number of amides is 1. The molecular formula is C14H20N4O. The van der Waals surface area contributed by atoms with Crippen molar-refractivity contribution in [2.45, 2.75) is 51.6 Å². The first-order valence-electron chi connectivity index (χ1n) is 7.08. The van der Waals surface area contributed by atoms with Crippen molar-refractivity contribution in [2.24, 2.45) is 5.92 Å². The quantitative estimate of drug-likeness (QED) is 0.817. The van der Waals surface area contributed by atoms with Crippen LogP contribution in [0.2, 0.25) is 0 Å². The van der Waals surface area contributed by atoms with E-state index in [9.17, 15) is 4.79 Å². The minimum atomic E-state index is 0.161. The smallest absolute Gasteiger partial charge is 0.223 e. The van der Waals surface area contributed by atoms with Gasteiger partial charge in [-0.05, 0) is 32.6 Å². The van der Waals surface area contributed by atoms with Gasteiger partial charge >= 0.3 is 0 Å². The fraction of sp³-hybridized carbons (Fsp3) is 0.643. The van der Waals surface area contributed by atoms with Crippen LogP contribution in [-0.2, 0) is 17.8 Å². The lowest BCUT2D eigenvalue weighted by Crippen LogP contribution is -2.44. The number of carbonyl (C=O) groups excluding carboxylic acids is 1. The first kappa shape index (κ1) is 12.4. The molecule has 1 aromatic rings. The molecule has 2 atom stereocenters. The predicted octanol–water partition coefficient (Wildman–Crippen LogP) is 1.37. The fourth-order valence-corrected chi connectivity index (χ4v) is 2.93. The predicted molar refractivity (Wildman–Crippen MR) is 71.5 cm³/mol. The zero-order valence-electron chi connectivity index (χ0n) is 11.3. The average Bonchev–Trinajstić information content (AvgIpc) is 2.81. The van der Waals surface area contributed by atoms with E-state index < -0.39 is 0 Å². The van der Waals surface area contributed by atoms with Gasteiger partial charge in [0.2, 0.25) is 5.91 Å². The number of hydrogen-bond acceptors (Lipinski definition) is 3. The molecule has 1 N–H and O–H groups in total. The standard InChI is InChI=1S/C14H20N4O/c1-10-16-17-13-8-7-12(9-18(10)13)15-14(19)11-5-3-2-4-6-11/h2-3,11-12H,4-9H2,1H3,(H,15,19)/t11-,12-/m1/s1. The van der Waals surface area contributed by atoms with Crippen molar-refractivity contribution in [3.8, 4) is 0 Å². The number of nitrogens with zero attached hydrogens (tertiary/aromatic N) is 3. The summed E-state index contributed by atoms with van der Waals surface area (Å²) < 4.78 is 2.12.